The fourth-order valence-corrected chi connectivity index (χ4v) is 2.27. The zero-order valence-electron chi connectivity index (χ0n) is 11.6. The minimum absolute atomic E-state index is 0.181. The summed E-state index contributed by atoms with van der Waals surface area (Å²) in [5.41, 5.74) is 6.73. The van der Waals surface area contributed by atoms with Crippen LogP contribution < -0.4 is 11.3 Å². The Bertz CT molecular complexity index is 501. The van der Waals surface area contributed by atoms with Gasteiger partial charge in [-0.2, -0.15) is 5.10 Å². The van der Waals surface area contributed by atoms with Crippen molar-refractivity contribution in [2.75, 3.05) is 0 Å². The molecule has 0 aliphatic heterocycles. The smallest absolute Gasteiger partial charge is 0.0492 e. The first-order chi connectivity index (χ1) is 9.24. The summed E-state index contributed by atoms with van der Waals surface area (Å²) < 4.78 is 1.91. The lowest BCUT2D eigenvalue weighted by Crippen LogP contribution is -2.28. The summed E-state index contributed by atoms with van der Waals surface area (Å²) in [5.74, 6) is 5.68. The van der Waals surface area contributed by atoms with Crippen molar-refractivity contribution >= 4 is 0 Å². The van der Waals surface area contributed by atoms with Crippen molar-refractivity contribution in [3.8, 4) is 0 Å². The molecule has 0 saturated heterocycles. The van der Waals surface area contributed by atoms with E-state index in [4.69, 9.17) is 5.84 Å². The topological polar surface area (TPSA) is 55.9 Å². The molecular formula is C15H22N4. The van der Waals surface area contributed by atoms with E-state index >= 15 is 0 Å². The Morgan fingerprint density at radius 1 is 1.26 bits per heavy atom. The molecule has 0 aliphatic carbocycles. The quantitative estimate of drug-likeness (QED) is 0.616. The third-order valence-corrected chi connectivity index (χ3v) is 3.60. The molecule has 19 heavy (non-hydrogen) atoms. The van der Waals surface area contributed by atoms with Gasteiger partial charge in [0.25, 0.3) is 0 Å². The molecule has 1 heterocycles. The Balaban J connectivity index is 2.01. The van der Waals surface area contributed by atoms with Crippen molar-refractivity contribution in [1.29, 1.82) is 0 Å². The molecule has 1 aromatic carbocycles. The van der Waals surface area contributed by atoms with Crippen LogP contribution >= 0.6 is 0 Å². The molecule has 0 saturated carbocycles. The van der Waals surface area contributed by atoms with Gasteiger partial charge in [0.2, 0.25) is 0 Å². The van der Waals surface area contributed by atoms with Gasteiger partial charge >= 0.3 is 0 Å². The summed E-state index contributed by atoms with van der Waals surface area (Å²) >= 11 is 0. The van der Waals surface area contributed by atoms with Crippen LogP contribution in [0.3, 0.4) is 0 Å². The van der Waals surface area contributed by atoms with Crippen LogP contribution in [-0.2, 0) is 19.9 Å². The Kier molecular flexibility index (Phi) is 4.71. The third-order valence-electron chi connectivity index (χ3n) is 3.60. The molecule has 3 N–H and O–H groups in total. The number of hydrogen-bond acceptors (Lipinski definition) is 3. The molecule has 2 rings (SSSR count). The summed E-state index contributed by atoms with van der Waals surface area (Å²) in [4.78, 5) is 0. The monoisotopic (exact) mass is 258 g/mol. The van der Waals surface area contributed by atoms with E-state index in [0.29, 0.717) is 0 Å². The molecule has 2 aromatic rings. The lowest BCUT2D eigenvalue weighted by molar-refractivity contribution is 0.506. The predicted octanol–water partition coefficient (Wildman–Crippen LogP) is 2.12. The van der Waals surface area contributed by atoms with E-state index in [1.807, 2.05) is 24.0 Å². The number of benzene rings is 1. The van der Waals surface area contributed by atoms with Gasteiger partial charge in [0, 0.05) is 25.0 Å². The number of aromatic nitrogens is 2. The summed E-state index contributed by atoms with van der Waals surface area (Å²) in [5, 5.41) is 4.18. The molecule has 0 spiro atoms. The van der Waals surface area contributed by atoms with Gasteiger partial charge in [-0.1, -0.05) is 31.2 Å². The second-order valence-corrected chi connectivity index (χ2v) is 4.80. The number of nitrogens with one attached hydrogen (secondary N) is 1. The minimum atomic E-state index is 0.181. The molecule has 4 heteroatoms. The highest BCUT2D eigenvalue weighted by Gasteiger charge is 2.10. The number of hydrogen-bond donors (Lipinski definition) is 2. The third kappa shape index (κ3) is 3.43. The first kappa shape index (κ1) is 13.8. The van der Waals surface area contributed by atoms with Crippen molar-refractivity contribution in [2.45, 2.75) is 32.2 Å². The van der Waals surface area contributed by atoms with Crippen LogP contribution in [0.1, 0.15) is 36.2 Å². The Morgan fingerprint density at radius 2 is 2.00 bits per heavy atom. The van der Waals surface area contributed by atoms with Crippen molar-refractivity contribution < 1.29 is 0 Å². The van der Waals surface area contributed by atoms with E-state index in [1.165, 1.54) is 16.8 Å². The second-order valence-electron chi connectivity index (χ2n) is 4.80. The van der Waals surface area contributed by atoms with Gasteiger partial charge < -0.3 is 0 Å². The highest BCUT2D eigenvalue weighted by molar-refractivity contribution is 5.25. The minimum Gasteiger partial charge on any atom is -0.273 e. The normalized spacial score (nSPS) is 12.6. The fourth-order valence-electron chi connectivity index (χ4n) is 2.27. The van der Waals surface area contributed by atoms with E-state index < -0.39 is 0 Å². The van der Waals surface area contributed by atoms with E-state index in [9.17, 15) is 0 Å². The highest BCUT2D eigenvalue weighted by Crippen LogP contribution is 2.19. The van der Waals surface area contributed by atoms with Gasteiger partial charge in [-0.3, -0.25) is 16.0 Å². The molecular weight excluding hydrogens is 236 g/mol. The van der Waals surface area contributed by atoms with Crippen LogP contribution in [0, 0.1) is 0 Å². The zero-order valence-corrected chi connectivity index (χ0v) is 11.6. The van der Waals surface area contributed by atoms with Crippen molar-refractivity contribution in [3.05, 3.63) is 53.3 Å². The van der Waals surface area contributed by atoms with Crippen LogP contribution in [0.25, 0.3) is 0 Å². The summed E-state index contributed by atoms with van der Waals surface area (Å²) in [6, 6.07) is 10.9. The molecule has 102 valence electrons. The maximum Gasteiger partial charge on any atom is 0.0492 e. The van der Waals surface area contributed by atoms with Gasteiger partial charge in [0.05, 0.1) is 0 Å². The number of nitrogens with two attached hydrogens (primary N) is 1. The van der Waals surface area contributed by atoms with E-state index in [-0.39, 0.29) is 6.04 Å². The second kappa shape index (κ2) is 6.50. The van der Waals surface area contributed by atoms with Crippen molar-refractivity contribution in [3.63, 3.8) is 0 Å². The predicted molar refractivity (Wildman–Crippen MR) is 77.4 cm³/mol. The van der Waals surface area contributed by atoms with Crippen LogP contribution in [-0.4, -0.2) is 9.78 Å². The number of rotatable bonds is 6. The molecule has 0 aliphatic rings. The lowest BCUT2D eigenvalue weighted by Gasteiger charge is -2.16. The number of nitrogens with zero attached hydrogens (tertiary/aromatic N) is 2. The standard InChI is InChI=1S/C15H22N4/c1-3-12-4-6-13(7-5-12)15(18-16)9-8-14-10-11-17-19(14)2/h4-7,10-11,15,18H,3,8-9,16H2,1-2H3. The molecule has 4 nitrogen and oxygen atoms in total. The zero-order chi connectivity index (χ0) is 13.7. The lowest BCUT2D eigenvalue weighted by atomic mass is 10.00. The molecule has 0 bridgehead atoms. The van der Waals surface area contributed by atoms with Gasteiger partial charge in [-0.25, -0.2) is 0 Å². The molecule has 0 amide bonds. The maximum absolute atomic E-state index is 5.68. The fraction of sp³-hybridized carbons (Fsp3) is 0.400. The van der Waals surface area contributed by atoms with Gasteiger partial charge in [0.1, 0.15) is 0 Å². The summed E-state index contributed by atoms with van der Waals surface area (Å²) in [6.07, 6.45) is 4.81. The number of aryl methyl sites for hydroxylation is 3. The average Bonchev–Trinajstić information content (AvgIpc) is 2.86. The van der Waals surface area contributed by atoms with Gasteiger partial charge in [0.15, 0.2) is 0 Å². The Labute approximate surface area is 114 Å². The highest BCUT2D eigenvalue weighted by atomic mass is 15.3. The molecule has 0 fully saturated rings. The average molecular weight is 258 g/mol. The molecule has 1 unspecified atom stereocenters. The van der Waals surface area contributed by atoms with Gasteiger partial charge in [-0.05, 0) is 36.5 Å². The van der Waals surface area contributed by atoms with E-state index in [0.717, 1.165) is 19.3 Å². The van der Waals surface area contributed by atoms with Crippen LogP contribution in [0.5, 0.6) is 0 Å². The largest absolute Gasteiger partial charge is 0.273 e. The molecule has 1 atom stereocenters. The summed E-state index contributed by atoms with van der Waals surface area (Å²) in [6.45, 7) is 2.16. The van der Waals surface area contributed by atoms with Crippen LogP contribution in [0.2, 0.25) is 0 Å². The SMILES string of the molecule is CCc1ccc(C(CCc2ccnn2C)NN)cc1. The van der Waals surface area contributed by atoms with Crippen molar-refractivity contribution in [1.82, 2.24) is 15.2 Å². The number of hydrazine groups is 1. The van der Waals surface area contributed by atoms with Gasteiger partial charge in [-0.15, -0.1) is 0 Å². The van der Waals surface area contributed by atoms with Crippen LogP contribution in [0.4, 0.5) is 0 Å². The maximum atomic E-state index is 5.68. The molecule has 0 radical (unpaired) electrons. The first-order valence-corrected chi connectivity index (χ1v) is 6.76. The van der Waals surface area contributed by atoms with Crippen LogP contribution in [0.15, 0.2) is 36.5 Å². The Morgan fingerprint density at radius 3 is 2.53 bits per heavy atom. The van der Waals surface area contributed by atoms with Crippen molar-refractivity contribution in [2.24, 2.45) is 12.9 Å². The van der Waals surface area contributed by atoms with E-state index in [2.05, 4.69) is 41.7 Å². The summed E-state index contributed by atoms with van der Waals surface area (Å²) in [7, 11) is 1.97. The van der Waals surface area contributed by atoms with E-state index in [1.54, 1.807) is 0 Å². The first-order valence-electron chi connectivity index (χ1n) is 6.76. The Hall–Kier alpha value is -1.65. The molecule has 1 aromatic heterocycles.